The van der Waals surface area contributed by atoms with Crippen LogP contribution in [0.15, 0.2) is 46.8 Å². The van der Waals surface area contributed by atoms with Crippen molar-refractivity contribution in [1.29, 1.82) is 0 Å². The maximum Gasteiger partial charge on any atom is 0.336 e. The van der Waals surface area contributed by atoms with Crippen molar-refractivity contribution >= 4 is 11.8 Å². The summed E-state index contributed by atoms with van der Waals surface area (Å²) in [6.45, 7) is 6.12. The van der Waals surface area contributed by atoms with E-state index in [1.54, 1.807) is 6.92 Å². The molecule has 1 aliphatic heterocycles. The van der Waals surface area contributed by atoms with Crippen LogP contribution in [0.5, 0.6) is 0 Å². The van der Waals surface area contributed by atoms with Crippen LogP contribution in [-0.2, 0) is 20.7 Å². The predicted molar refractivity (Wildman–Crippen MR) is 96.9 cm³/mol. The van der Waals surface area contributed by atoms with Crippen molar-refractivity contribution in [2.24, 2.45) is 0 Å². The van der Waals surface area contributed by atoms with Gasteiger partial charge in [0, 0.05) is 29.3 Å². The van der Waals surface area contributed by atoms with E-state index in [1.165, 1.54) is 5.56 Å². The SMILES string of the molecule is CCOC(=O)C1=C(C)NC2=C(C(=O)CCC2)[C@@H]1c1ccc(CC)cc1. The standard InChI is InChI=1S/C21H25NO3/c1-4-14-9-11-15(12-10-14)19-18(21(24)25-5-2)13(3)22-16-7-6-8-17(23)20(16)19/h9-12,19,22H,4-8H2,1-3H3/t19-/m1/s1. The maximum absolute atomic E-state index is 12.7. The number of esters is 1. The van der Waals surface area contributed by atoms with E-state index in [1.807, 2.05) is 19.1 Å². The van der Waals surface area contributed by atoms with Crippen molar-refractivity contribution in [3.05, 3.63) is 57.9 Å². The number of carbonyl (C=O) groups excluding carboxylic acids is 2. The molecule has 1 aliphatic carbocycles. The van der Waals surface area contributed by atoms with Crippen molar-refractivity contribution in [3.63, 3.8) is 0 Å². The fraction of sp³-hybridized carbons (Fsp3) is 0.429. The summed E-state index contributed by atoms with van der Waals surface area (Å²) in [5.41, 5.74) is 5.26. The lowest BCUT2D eigenvalue weighted by molar-refractivity contribution is -0.138. The first-order valence-electron chi connectivity index (χ1n) is 9.06. The van der Waals surface area contributed by atoms with E-state index >= 15 is 0 Å². The number of dihydropyridines is 1. The zero-order valence-corrected chi connectivity index (χ0v) is 15.1. The molecule has 0 unspecified atom stereocenters. The van der Waals surface area contributed by atoms with Gasteiger partial charge in [-0.15, -0.1) is 0 Å². The molecule has 0 saturated carbocycles. The highest BCUT2D eigenvalue weighted by atomic mass is 16.5. The van der Waals surface area contributed by atoms with E-state index in [9.17, 15) is 9.59 Å². The van der Waals surface area contributed by atoms with Gasteiger partial charge in [-0.05, 0) is 44.2 Å². The monoisotopic (exact) mass is 339 g/mol. The molecule has 1 N–H and O–H groups in total. The Balaban J connectivity index is 2.13. The van der Waals surface area contributed by atoms with E-state index in [2.05, 4.69) is 24.4 Å². The summed E-state index contributed by atoms with van der Waals surface area (Å²) in [7, 11) is 0. The van der Waals surface area contributed by atoms with E-state index < -0.39 is 0 Å². The van der Waals surface area contributed by atoms with Crippen LogP contribution in [0.3, 0.4) is 0 Å². The number of ketones is 1. The fourth-order valence-electron chi connectivity index (χ4n) is 3.74. The van der Waals surface area contributed by atoms with Gasteiger partial charge in [-0.1, -0.05) is 31.2 Å². The van der Waals surface area contributed by atoms with Crippen molar-refractivity contribution in [3.8, 4) is 0 Å². The number of Topliss-reactive ketones (excluding diaryl/α,β-unsaturated/α-hetero) is 1. The molecule has 1 aromatic carbocycles. The average molecular weight is 339 g/mol. The minimum atomic E-state index is -0.345. The molecule has 0 aromatic heterocycles. The zero-order chi connectivity index (χ0) is 18.0. The van der Waals surface area contributed by atoms with Crippen LogP contribution in [0.4, 0.5) is 0 Å². The second kappa shape index (κ2) is 7.26. The molecule has 1 aromatic rings. The Bertz CT molecular complexity index is 756. The number of aryl methyl sites for hydroxylation is 1. The lowest BCUT2D eigenvalue weighted by Crippen LogP contribution is -2.34. The summed E-state index contributed by atoms with van der Waals surface area (Å²) in [4.78, 5) is 25.3. The number of allylic oxidation sites excluding steroid dienone is 3. The van der Waals surface area contributed by atoms with Crippen LogP contribution in [0.2, 0.25) is 0 Å². The van der Waals surface area contributed by atoms with Gasteiger partial charge in [-0.2, -0.15) is 0 Å². The van der Waals surface area contributed by atoms with Crippen LogP contribution in [-0.4, -0.2) is 18.4 Å². The number of rotatable bonds is 4. The summed E-state index contributed by atoms with van der Waals surface area (Å²) < 4.78 is 5.29. The number of nitrogens with one attached hydrogen (secondary N) is 1. The first kappa shape index (κ1) is 17.5. The number of hydrogen-bond donors (Lipinski definition) is 1. The molecule has 0 bridgehead atoms. The van der Waals surface area contributed by atoms with Crippen molar-refractivity contribution in [2.45, 2.75) is 52.4 Å². The highest BCUT2D eigenvalue weighted by molar-refractivity contribution is 6.03. The number of hydrogen-bond acceptors (Lipinski definition) is 4. The summed E-state index contributed by atoms with van der Waals surface area (Å²) >= 11 is 0. The van der Waals surface area contributed by atoms with Crippen LogP contribution in [0.25, 0.3) is 0 Å². The first-order valence-corrected chi connectivity index (χ1v) is 9.06. The van der Waals surface area contributed by atoms with Gasteiger partial charge >= 0.3 is 5.97 Å². The van der Waals surface area contributed by atoms with E-state index in [-0.39, 0.29) is 17.7 Å². The van der Waals surface area contributed by atoms with Crippen molar-refractivity contribution in [1.82, 2.24) is 5.32 Å². The van der Waals surface area contributed by atoms with Gasteiger partial charge in [0.15, 0.2) is 5.78 Å². The first-order chi connectivity index (χ1) is 12.1. The third kappa shape index (κ3) is 3.26. The second-order valence-electron chi connectivity index (χ2n) is 6.58. The number of benzene rings is 1. The minimum absolute atomic E-state index is 0.132. The maximum atomic E-state index is 12.7. The summed E-state index contributed by atoms with van der Waals surface area (Å²) in [5, 5.41) is 3.30. The largest absolute Gasteiger partial charge is 0.463 e. The molecule has 1 heterocycles. The van der Waals surface area contributed by atoms with Crippen molar-refractivity contribution < 1.29 is 14.3 Å². The quantitative estimate of drug-likeness (QED) is 0.848. The lowest BCUT2D eigenvalue weighted by Gasteiger charge is -2.34. The van der Waals surface area contributed by atoms with Crippen LogP contribution in [0, 0.1) is 0 Å². The molecule has 3 rings (SSSR count). The Morgan fingerprint density at radius 1 is 1.20 bits per heavy atom. The van der Waals surface area contributed by atoms with Crippen LogP contribution < -0.4 is 5.32 Å². The van der Waals surface area contributed by atoms with Gasteiger partial charge in [0.25, 0.3) is 0 Å². The van der Waals surface area contributed by atoms with Crippen LogP contribution >= 0.6 is 0 Å². The van der Waals surface area contributed by atoms with Crippen LogP contribution in [0.1, 0.15) is 57.1 Å². The van der Waals surface area contributed by atoms with E-state index in [0.717, 1.165) is 41.8 Å². The molecule has 2 aliphatic rings. The van der Waals surface area contributed by atoms with Gasteiger partial charge in [-0.25, -0.2) is 4.79 Å². The van der Waals surface area contributed by atoms with Gasteiger partial charge in [-0.3, -0.25) is 4.79 Å². The molecule has 0 radical (unpaired) electrons. The normalized spacial score (nSPS) is 20.3. The molecule has 0 fully saturated rings. The average Bonchev–Trinajstić information content (AvgIpc) is 2.61. The second-order valence-corrected chi connectivity index (χ2v) is 6.58. The third-order valence-electron chi connectivity index (χ3n) is 4.99. The van der Waals surface area contributed by atoms with Gasteiger partial charge in [0.2, 0.25) is 0 Å². The van der Waals surface area contributed by atoms with Gasteiger partial charge < -0.3 is 10.1 Å². The summed E-state index contributed by atoms with van der Waals surface area (Å²) in [5.74, 6) is -0.552. The number of ether oxygens (including phenoxy) is 1. The Labute approximate surface area is 149 Å². The molecule has 1 atom stereocenters. The van der Waals surface area contributed by atoms with E-state index in [0.29, 0.717) is 18.6 Å². The molecule has 0 saturated heterocycles. The summed E-state index contributed by atoms with van der Waals surface area (Å²) in [6, 6.07) is 8.22. The van der Waals surface area contributed by atoms with Crippen molar-refractivity contribution in [2.75, 3.05) is 6.61 Å². The Kier molecular flexibility index (Phi) is 5.07. The molecule has 25 heavy (non-hydrogen) atoms. The van der Waals surface area contributed by atoms with Gasteiger partial charge in [0.1, 0.15) is 0 Å². The predicted octanol–water partition coefficient (Wildman–Crippen LogP) is 3.78. The molecule has 0 spiro atoms. The van der Waals surface area contributed by atoms with Gasteiger partial charge in [0.05, 0.1) is 12.2 Å². The molecule has 0 amide bonds. The third-order valence-corrected chi connectivity index (χ3v) is 4.99. The Morgan fingerprint density at radius 3 is 2.56 bits per heavy atom. The Morgan fingerprint density at radius 2 is 1.92 bits per heavy atom. The minimum Gasteiger partial charge on any atom is -0.463 e. The smallest absolute Gasteiger partial charge is 0.336 e. The summed E-state index contributed by atoms with van der Waals surface area (Å²) in [6.07, 6.45) is 3.20. The molecule has 132 valence electrons. The molecular weight excluding hydrogens is 314 g/mol. The molecule has 4 nitrogen and oxygen atoms in total. The molecule has 4 heteroatoms. The Hall–Kier alpha value is -2.36. The highest BCUT2D eigenvalue weighted by Gasteiger charge is 2.38. The topological polar surface area (TPSA) is 55.4 Å². The van der Waals surface area contributed by atoms with E-state index in [4.69, 9.17) is 4.74 Å². The fourth-order valence-corrected chi connectivity index (χ4v) is 3.74. The zero-order valence-electron chi connectivity index (χ0n) is 15.1. The highest BCUT2D eigenvalue weighted by Crippen LogP contribution is 2.42. The lowest BCUT2D eigenvalue weighted by atomic mass is 9.75. The number of carbonyl (C=O) groups is 2. The molecular formula is C21H25NO3.